The van der Waals surface area contributed by atoms with Gasteiger partial charge in [0, 0.05) is 0 Å². The topological polar surface area (TPSA) is 69.7 Å². The van der Waals surface area contributed by atoms with Crippen molar-refractivity contribution in [3.63, 3.8) is 0 Å². The number of Topliss-reactive ketones (excluding diaryl/α,β-unsaturated/α-hetero) is 1. The van der Waals surface area contributed by atoms with Gasteiger partial charge in [0.05, 0.1) is 12.5 Å². The summed E-state index contributed by atoms with van der Waals surface area (Å²) in [7, 11) is 0. The summed E-state index contributed by atoms with van der Waals surface area (Å²) in [6.07, 6.45) is 16.9. The quantitative estimate of drug-likeness (QED) is 0.196. The van der Waals surface area contributed by atoms with E-state index < -0.39 is 5.97 Å². The lowest BCUT2D eigenvalue weighted by molar-refractivity contribution is -0.157. The van der Waals surface area contributed by atoms with E-state index in [-0.39, 0.29) is 30.2 Å². The maximum absolute atomic E-state index is 12.6. The van der Waals surface area contributed by atoms with Crippen LogP contribution in [-0.2, 0) is 23.9 Å². The van der Waals surface area contributed by atoms with Crippen LogP contribution in [0.15, 0.2) is 0 Å². The Hall–Kier alpha value is -1.39. The molecule has 0 aromatic rings. The molecule has 0 spiro atoms. The standard InChI is InChI=1S/C26H44O5/c1-3-4-5-8-22-12-16-24(17-13-22)31-26(29)23-14-10-21(11-15-23)9-6-7-18-30-25(28)19-20(2)27/h21-24H,3-19H2,1-2H3/t21-,22-,23-,24-. The molecule has 2 aliphatic carbocycles. The highest BCUT2D eigenvalue weighted by Crippen LogP contribution is 2.34. The lowest BCUT2D eigenvalue weighted by Crippen LogP contribution is -2.30. The molecule has 2 aliphatic rings. The van der Waals surface area contributed by atoms with Crippen LogP contribution in [0.5, 0.6) is 0 Å². The number of ketones is 1. The third-order valence-electron chi connectivity index (χ3n) is 7.14. The van der Waals surface area contributed by atoms with Gasteiger partial charge in [-0.3, -0.25) is 14.4 Å². The molecule has 0 heterocycles. The summed E-state index contributed by atoms with van der Waals surface area (Å²) in [5, 5.41) is 0. The van der Waals surface area contributed by atoms with Crippen LogP contribution in [0, 0.1) is 17.8 Å². The molecule has 178 valence electrons. The zero-order valence-corrected chi connectivity index (χ0v) is 19.9. The van der Waals surface area contributed by atoms with Gasteiger partial charge in [-0.1, -0.05) is 39.0 Å². The fourth-order valence-electron chi connectivity index (χ4n) is 5.14. The molecule has 0 amide bonds. The summed E-state index contributed by atoms with van der Waals surface area (Å²) >= 11 is 0. The number of rotatable bonds is 13. The van der Waals surface area contributed by atoms with Crippen molar-refractivity contribution < 1.29 is 23.9 Å². The van der Waals surface area contributed by atoms with Gasteiger partial charge in [0.15, 0.2) is 0 Å². The molecule has 31 heavy (non-hydrogen) atoms. The molecule has 0 N–H and O–H groups in total. The minimum atomic E-state index is -0.420. The van der Waals surface area contributed by atoms with Crippen molar-refractivity contribution in [1.29, 1.82) is 0 Å². The van der Waals surface area contributed by atoms with Gasteiger partial charge < -0.3 is 9.47 Å². The van der Waals surface area contributed by atoms with Crippen molar-refractivity contribution in [1.82, 2.24) is 0 Å². The van der Waals surface area contributed by atoms with E-state index in [4.69, 9.17) is 9.47 Å². The number of carbonyl (C=O) groups is 3. The minimum absolute atomic E-state index is 0.0465. The van der Waals surface area contributed by atoms with Gasteiger partial charge in [-0.05, 0) is 83.0 Å². The minimum Gasteiger partial charge on any atom is -0.465 e. The van der Waals surface area contributed by atoms with Gasteiger partial charge in [-0.2, -0.15) is 0 Å². The second kappa shape index (κ2) is 14.6. The van der Waals surface area contributed by atoms with Gasteiger partial charge >= 0.3 is 11.9 Å². The van der Waals surface area contributed by atoms with Crippen LogP contribution in [-0.4, -0.2) is 30.4 Å². The lowest BCUT2D eigenvalue weighted by Gasteiger charge is -2.31. The summed E-state index contributed by atoms with van der Waals surface area (Å²) in [5.74, 6) is 1.06. The van der Waals surface area contributed by atoms with E-state index in [1.165, 1.54) is 45.4 Å². The maximum atomic E-state index is 12.6. The van der Waals surface area contributed by atoms with E-state index >= 15 is 0 Å². The molecule has 0 unspecified atom stereocenters. The molecule has 5 heteroatoms. The summed E-state index contributed by atoms with van der Waals surface area (Å²) < 4.78 is 11.0. The Bertz CT molecular complexity index is 542. The number of carbonyl (C=O) groups excluding carboxylic acids is 3. The van der Waals surface area contributed by atoms with Crippen LogP contribution in [0.25, 0.3) is 0 Å². The highest BCUT2D eigenvalue weighted by molar-refractivity contribution is 5.94. The Kier molecular flexibility index (Phi) is 12.2. The van der Waals surface area contributed by atoms with Crippen LogP contribution in [0.4, 0.5) is 0 Å². The van der Waals surface area contributed by atoms with Crippen molar-refractivity contribution in [2.75, 3.05) is 6.61 Å². The third kappa shape index (κ3) is 10.7. The maximum Gasteiger partial charge on any atom is 0.313 e. The molecule has 0 radical (unpaired) electrons. The van der Waals surface area contributed by atoms with E-state index in [2.05, 4.69) is 6.92 Å². The van der Waals surface area contributed by atoms with E-state index in [9.17, 15) is 14.4 Å². The van der Waals surface area contributed by atoms with Crippen LogP contribution in [0.1, 0.15) is 117 Å². The summed E-state index contributed by atoms with van der Waals surface area (Å²) in [6, 6.07) is 0. The monoisotopic (exact) mass is 436 g/mol. The molecule has 2 fully saturated rings. The molecule has 0 atom stereocenters. The smallest absolute Gasteiger partial charge is 0.313 e. The fourth-order valence-corrected chi connectivity index (χ4v) is 5.14. The van der Waals surface area contributed by atoms with E-state index in [0.717, 1.165) is 63.7 Å². The SMILES string of the molecule is CCCCC[C@H]1CC[C@H](OC(=O)[C@H]2CC[C@H](CCCCOC(=O)CC(C)=O)CC2)CC1. The molecule has 0 saturated heterocycles. The fraction of sp³-hybridized carbons (Fsp3) is 0.885. The molecule has 0 aromatic heterocycles. The molecule has 0 aromatic carbocycles. The van der Waals surface area contributed by atoms with Crippen molar-refractivity contribution >= 4 is 17.7 Å². The van der Waals surface area contributed by atoms with Crippen molar-refractivity contribution in [2.45, 2.75) is 123 Å². The molecule has 2 saturated carbocycles. The molecule has 2 rings (SSSR count). The third-order valence-corrected chi connectivity index (χ3v) is 7.14. The predicted molar refractivity (Wildman–Crippen MR) is 122 cm³/mol. The first-order valence-corrected chi connectivity index (χ1v) is 12.8. The first kappa shape index (κ1) is 25.9. The highest BCUT2D eigenvalue weighted by Gasteiger charge is 2.30. The highest BCUT2D eigenvalue weighted by atomic mass is 16.5. The number of unbranched alkanes of at least 4 members (excludes halogenated alkanes) is 3. The summed E-state index contributed by atoms with van der Waals surface area (Å²) in [4.78, 5) is 34.8. The van der Waals surface area contributed by atoms with Crippen LogP contribution < -0.4 is 0 Å². The lowest BCUT2D eigenvalue weighted by atomic mass is 9.79. The van der Waals surface area contributed by atoms with Gasteiger partial charge in [-0.25, -0.2) is 0 Å². The average molecular weight is 437 g/mol. The van der Waals surface area contributed by atoms with Gasteiger partial charge in [0.25, 0.3) is 0 Å². The zero-order valence-electron chi connectivity index (χ0n) is 19.9. The second-order valence-electron chi connectivity index (χ2n) is 9.89. The summed E-state index contributed by atoms with van der Waals surface area (Å²) in [6.45, 7) is 4.05. The van der Waals surface area contributed by atoms with Crippen LogP contribution >= 0.6 is 0 Å². The summed E-state index contributed by atoms with van der Waals surface area (Å²) in [5.41, 5.74) is 0. The molecular weight excluding hydrogens is 392 g/mol. The Morgan fingerprint density at radius 1 is 0.774 bits per heavy atom. The first-order valence-electron chi connectivity index (χ1n) is 12.8. The van der Waals surface area contributed by atoms with Crippen molar-refractivity contribution in [2.24, 2.45) is 17.8 Å². The normalized spacial score (nSPS) is 26.3. The van der Waals surface area contributed by atoms with E-state index in [0.29, 0.717) is 12.5 Å². The Morgan fingerprint density at radius 3 is 1.94 bits per heavy atom. The second-order valence-corrected chi connectivity index (χ2v) is 9.89. The molecule has 5 nitrogen and oxygen atoms in total. The van der Waals surface area contributed by atoms with Crippen LogP contribution in [0.3, 0.4) is 0 Å². The largest absolute Gasteiger partial charge is 0.465 e. The van der Waals surface area contributed by atoms with Crippen molar-refractivity contribution in [3.8, 4) is 0 Å². The number of ether oxygens (including phenoxy) is 2. The van der Waals surface area contributed by atoms with Gasteiger partial charge in [0.1, 0.15) is 18.3 Å². The van der Waals surface area contributed by atoms with Crippen molar-refractivity contribution in [3.05, 3.63) is 0 Å². The first-order chi connectivity index (χ1) is 15.0. The number of hydrogen-bond donors (Lipinski definition) is 0. The predicted octanol–water partition coefficient (Wildman–Crippen LogP) is 6.17. The number of hydrogen-bond acceptors (Lipinski definition) is 5. The van der Waals surface area contributed by atoms with Gasteiger partial charge in [0.2, 0.25) is 0 Å². The zero-order chi connectivity index (χ0) is 22.5. The van der Waals surface area contributed by atoms with E-state index in [1.54, 1.807) is 0 Å². The molecule has 0 aliphatic heterocycles. The Morgan fingerprint density at radius 2 is 1.35 bits per heavy atom. The van der Waals surface area contributed by atoms with Gasteiger partial charge in [-0.15, -0.1) is 0 Å². The molecule has 0 bridgehead atoms. The Labute approximate surface area is 189 Å². The molecular formula is C26H44O5. The van der Waals surface area contributed by atoms with Crippen LogP contribution in [0.2, 0.25) is 0 Å². The van der Waals surface area contributed by atoms with E-state index in [1.807, 2.05) is 0 Å². The average Bonchev–Trinajstić information content (AvgIpc) is 2.75. The number of esters is 2. The Balaban J connectivity index is 1.52.